The maximum absolute atomic E-state index is 12.6. The Balaban J connectivity index is 2.08. The first-order valence-electron chi connectivity index (χ1n) is 7.81. The van der Waals surface area contributed by atoms with E-state index in [-0.39, 0.29) is 17.9 Å². The minimum Gasteiger partial charge on any atom is -0.296 e. The normalized spacial score (nSPS) is 12.7. The Morgan fingerprint density at radius 2 is 2.04 bits per heavy atom. The minimum atomic E-state index is -0.672. The van der Waals surface area contributed by atoms with E-state index in [9.17, 15) is 19.6 Å². The quantitative estimate of drug-likeness (QED) is 0.798. The molecule has 0 aliphatic carbocycles. The lowest BCUT2D eigenvalue weighted by atomic mass is 10.0. The lowest BCUT2D eigenvalue weighted by molar-refractivity contribution is 0.0968. The first-order valence-corrected chi connectivity index (χ1v) is 7.81. The highest BCUT2D eigenvalue weighted by atomic mass is 16.2. The van der Waals surface area contributed by atoms with Gasteiger partial charge in [0.1, 0.15) is 11.6 Å². The summed E-state index contributed by atoms with van der Waals surface area (Å²) in [5.74, 6) is -0.311. The van der Waals surface area contributed by atoms with Crippen molar-refractivity contribution in [1.29, 1.82) is 5.26 Å². The van der Waals surface area contributed by atoms with Crippen molar-refractivity contribution in [1.82, 2.24) is 9.13 Å². The van der Waals surface area contributed by atoms with Gasteiger partial charge in [-0.15, -0.1) is 0 Å². The zero-order chi connectivity index (χ0) is 17.4. The number of benzene rings is 1. The maximum atomic E-state index is 12.6. The van der Waals surface area contributed by atoms with Crippen LogP contribution in [-0.2, 0) is 19.5 Å². The van der Waals surface area contributed by atoms with Crippen LogP contribution in [0.5, 0.6) is 0 Å². The van der Waals surface area contributed by atoms with Gasteiger partial charge in [-0.2, -0.15) is 5.26 Å². The monoisotopic (exact) mass is 323 g/mol. The van der Waals surface area contributed by atoms with E-state index < -0.39 is 11.2 Å². The third-order valence-corrected chi connectivity index (χ3v) is 4.43. The van der Waals surface area contributed by atoms with E-state index in [0.717, 1.165) is 22.1 Å². The minimum absolute atomic E-state index is 0.0273. The number of rotatable bonds is 3. The molecule has 1 aliphatic heterocycles. The van der Waals surface area contributed by atoms with Crippen LogP contribution in [0.15, 0.2) is 27.8 Å². The molecule has 0 amide bonds. The Kier molecular flexibility index (Phi) is 3.94. The molecule has 1 aliphatic rings. The van der Waals surface area contributed by atoms with Gasteiger partial charge >= 0.3 is 5.69 Å². The summed E-state index contributed by atoms with van der Waals surface area (Å²) in [7, 11) is 0. The van der Waals surface area contributed by atoms with Crippen molar-refractivity contribution in [3.8, 4) is 6.07 Å². The van der Waals surface area contributed by atoms with E-state index in [0.29, 0.717) is 24.2 Å². The number of nitrogens with zero attached hydrogens (tertiary/aromatic N) is 3. The summed E-state index contributed by atoms with van der Waals surface area (Å²) in [6.07, 6.45) is 1.26. The molecule has 0 saturated carbocycles. The van der Waals surface area contributed by atoms with Crippen molar-refractivity contribution in [3.63, 3.8) is 0 Å². The highest BCUT2D eigenvalue weighted by Crippen LogP contribution is 2.14. The molecule has 122 valence electrons. The predicted octanol–water partition coefficient (Wildman–Crippen LogP) is 1.33. The first-order chi connectivity index (χ1) is 11.4. The van der Waals surface area contributed by atoms with Crippen molar-refractivity contribution in [2.75, 3.05) is 0 Å². The van der Waals surface area contributed by atoms with Gasteiger partial charge in [-0.25, -0.2) is 4.79 Å². The second-order valence-corrected chi connectivity index (χ2v) is 6.10. The summed E-state index contributed by atoms with van der Waals surface area (Å²) in [6.45, 7) is 3.87. The molecule has 0 saturated heterocycles. The fraction of sp³-hybridized carbons (Fsp3) is 0.333. The van der Waals surface area contributed by atoms with Gasteiger partial charge in [-0.3, -0.25) is 18.7 Å². The zero-order valence-corrected chi connectivity index (χ0v) is 13.6. The summed E-state index contributed by atoms with van der Waals surface area (Å²) in [6, 6.07) is 7.29. The second-order valence-electron chi connectivity index (χ2n) is 6.10. The third-order valence-electron chi connectivity index (χ3n) is 4.43. The molecule has 3 rings (SSSR count). The molecule has 0 fully saturated rings. The van der Waals surface area contributed by atoms with Crippen LogP contribution >= 0.6 is 0 Å². The van der Waals surface area contributed by atoms with Crippen LogP contribution in [0.25, 0.3) is 0 Å². The average molecular weight is 323 g/mol. The summed E-state index contributed by atoms with van der Waals surface area (Å²) in [5, 5.41) is 9.26. The zero-order valence-electron chi connectivity index (χ0n) is 13.6. The molecular formula is C18H17N3O3. The molecule has 0 spiro atoms. The van der Waals surface area contributed by atoms with Gasteiger partial charge < -0.3 is 0 Å². The lowest BCUT2D eigenvalue weighted by Crippen LogP contribution is -2.43. The van der Waals surface area contributed by atoms with Crippen LogP contribution in [0, 0.1) is 25.2 Å². The molecule has 2 heterocycles. The second kappa shape index (κ2) is 5.93. The number of aromatic nitrogens is 2. The Hall–Kier alpha value is -2.94. The van der Waals surface area contributed by atoms with Crippen LogP contribution in [0.2, 0.25) is 0 Å². The summed E-state index contributed by atoms with van der Waals surface area (Å²) in [5.41, 5.74) is 1.60. The number of aryl methyl sites for hydroxylation is 2. The van der Waals surface area contributed by atoms with Gasteiger partial charge in [0.2, 0.25) is 0 Å². The van der Waals surface area contributed by atoms with Gasteiger partial charge in [0, 0.05) is 17.8 Å². The van der Waals surface area contributed by atoms with Crippen molar-refractivity contribution >= 4 is 5.78 Å². The topological polar surface area (TPSA) is 84.9 Å². The highest BCUT2D eigenvalue weighted by molar-refractivity contribution is 5.97. The molecule has 6 heteroatoms. The fourth-order valence-electron chi connectivity index (χ4n) is 3.24. The number of carbonyl (C=O) groups excluding carboxylic acids is 1. The number of fused-ring (bicyclic) bond motifs is 1. The average Bonchev–Trinajstić information content (AvgIpc) is 3.01. The molecule has 0 radical (unpaired) electrons. The van der Waals surface area contributed by atoms with Gasteiger partial charge in [0.05, 0.1) is 6.54 Å². The number of Topliss-reactive ketones (excluding diaryl/α,β-unsaturated/α-hetero) is 1. The molecule has 0 N–H and O–H groups in total. The number of nitriles is 1. The van der Waals surface area contributed by atoms with Gasteiger partial charge in [-0.05, 0) is 32.3 Å². The molecule has 0 atom stereocenters. The van der Waals surface area contributed by atoms with Crippen molar-refractivity contribution < 1.29 is 4.79 Å². The van der Waals surface area contributed by atoms with E-state index in [1.165, 1.54) is 4.57 Å². The maximum Gasteiger partial charge on any atom is 0.331 e. The predicted molar refractivity (Wildman–Crippen MR) is 88.2 cm³/mol. The largest absolute Gasteiger partial charge is 0.331 e. The van der Waals surface area contributed by atoms with E-state index in [1.807, 2.05) is 32.0 Å². The van der Waals surface area contributed by atoms with Gasteiger partial charge in [0.25, 0.3) is 5.56 Å². The molecular weight excluding hydrogens is 306 g/mol. The smallest absolute Gasteiger partial charge is 0.296 e. The Morgan fingerprint density at radius 3 is 2.71 bits per heavy atom. The SMILES string of the molecule is Cc1ccc(C(=O)Cn2c(=O)c(C#N)c3n(c2=O)CCC3)c(C)c1. The Labute approximate surface area is 138 Å². The van der Waals surface area contributed by atoms with Crippen LogP contribution in [0.3, 0.4) is 0 Å². The van der Waals surface area contributed by atoms with E-state index in [4.69, 9.17) is 0 Å². The van der Waals surface area contributed by atoms with E-state index in [1.54, 1.807) is 6.07 Å². The number of hydrogen-bond donors (Lipinski definition) is 0. The molecule has 0 bridgehead atoms. The third kappa shape index (κ3) is 2.48. The van der Waals surface area contributed by atoms with E-state index in [2.05, 4.69) is 0 Å². The Bertz CT molecular complexity index is 1010. The summed E-state index contributed by atoms with van der Waals surface area (Å²) in [4.78, 5) is 37.5. The van der Waals surface area contributed by atoms with Crippen LogP contribution in [0.1, 0.15) is 39.2 Å². The standard InChI is InChI=1S/C18H17N3O3/c1-11-5-6-13(12(2)8-11)16(22)10-21-17(23)14(9-19)15-4-3-7-20(15)18(21)24/h5-6,8H,3-4,7,10H2,1-2H3. The molecule has 2 aromatic rings. The number of carbonyl (C=O) groups is 1. The first kappa shape index (κ1) is 15.9. The van der Waals surface area contributed by atoms with Crippen LogP contribution < -0.4 is 11.2 Å². The molecule has 1 aromatic carbocycles. The molecule has 24 heavy (non-hydrogen) atoms. The fourth-order valence-corrected chi connectivity index (χ4v) is 3.24. The van der Waals surface area contributed by atoms with Crippen LogP contribution in [-0.4, -0.2) is 14.9 Å². The summed E-state index contributed by atoms with van der Waals surface area (Å²) >= 11 is 0. The summed E-state index contributed by atoms with van der Waals surface area (Å²) < 4.78 is 2.32. The lowest BCUT2D eigenvalue weighted by Gasteiger charge is -2.11. The van der Waals surface area contributed by atoms with Gasteiger partial charge in [0.15, 0.2) is 5.78 Å². The van der Waals surface area contributed by atoms with Crippen LogP contribution in [0.4, 0.5) is 0 Å². The van der Waals surface area contributed by atoms with Crippen molar-refractivity contribution in [2.45, 2.75) is 39.8 Å². The molecule has 1 aromatic heterocycles. The van der Waals surface area contributed by atoms with E-state index >= 15 is 0 Å². The molecule has 6 nitrogen and oxygen atoms in total. The molecule has 0 unspecified atom stereocenters. The Morgan fingerprint density at radius 1 is 1.29 bits per heavy atom. The highest BCUT2D eigenvalue weighted by Gasteiger charge is 2.24. The van der Waals surface area contributed by atoms with Crippen molar-refractivity contribution in [3.05, 3.63) is 67.0 Å². The number of ketones is 1. The number of hydrogen-bond acceptors (Lipinski definition) is 4. The van der Waals surface area contributed by atoms with Gasteiger partial charge in [-0.1, -0.05) is 23.8 Å². The van der Waals surface area contributed by atoms with Crippen molar-refractivity contribution in [2.24, 2.45) is 0 Å².